The fraction of sp³-hybridized carbons (Fsp3) is 0.533. The molecule has 0 bridgehead atoms. The minimum atomic E-state index is 0.731. The number of hydrogen-bond acceptors (Lipinski definition) is 4. The van der Waals surface area contributed by atoms with Crippen LogP contribution in [0.5, 0.6) is 0 Å². The standard InChI is InChI=1S/C15H23N3O/c1-4-16-8-10-18(3)9-7-13-5-6-14-15(11-13)19-12(2)17-14/h5-6,11,16H,4,7-10H2,1-3H3. The average molecular weight is 261 g/mol. The van der Waals surface area contributed by atoms with Crippen LogP contribution in [0, 0.1) is 6.92 Å². The molecule has 0 saturated heterocycles. The zero-order valence-electron chi connectivity index (χ0n) is 12.1. The van der Waals surface area contributed by atoms with Crippen LogP contribution < -0.4 is 5.32 Å². The Bertz CT molecular complexity index is 521. The van der Waals surface area contributed by atoms with E-state index in [4.69, 9.17) is 4.42 Å². The number of nitrogens with one attached hydrogen (secondary N) is 1. The minimum Gasteiger partial charge on any atom is -0.441 e. The highest BCUT2D eigenvalue weighted by Crippen LogP contribution is 2.17. The quantitative estimate of drug-likeness (QED) is 0.776. The SMILES string of the molecule is CCNCCN(C)CCc1ccc2nc(C)oc2c1. The number of aromatic nitrogens is 1. The molecule has 0 aliphatic rings. The van der Waals surface area contributed by atoms with Crippen molar-refractivity contribution in [2.24, 2.45) is 0 Å². The van der Waals surface area contributed by atoms with E-state index in [1.165, 1.54) is 5.56 Å². The summed E-state index contributed by atoms with van der Waals surface area (Å²) in [6.45, 7) is 8.24. The number of rotatable bonds is 7. The van der Waals surface area contributed by atoms with E-state index in [0.29, 0.717) is 0 Å². The molecule has 4 heteroatoms. The molecule has 1 N–H and O–H groups in total. The van der Waals surface area contributed by atoms with Crippen LogP contribution in [-0.2, 0) is 6.42 Å². The van der Waals surface area contributed by atoms with Crippen LogP contribution in [-0.4, -0.2) is 43.1 Å². The third-order valence-electron chi connectivity index (χ3n) is 3.26. The summed E-state index contributed by atoms with van der Waals surface area (Å²) in [5.41, 5.74) is 3.14. The lowest BCUT2D eigenvalue weighted by atomic mass is 10.1. The predicted octanol–water partition coefficient (Wildman–Crippen LogP) is 2.22. The molecule has 2 aromatic rings. The van der Waals surface area contributed by atoms with Crippen LogP contribution in [0.2, 0.25) is 0 Å². The predicted molar refractivity (Wildman–Crippen MR) is 78.5 cm³/mol. The first-order chi connectivity index (χ1) is 9.19. The molecule has 0 unspecified atom stereocenters. The maximum atomic E-state index is 5.56. The van der Waals surface area contributed by atoms with E-state index in [-0.39, 0.29) is 0 Å². The summed E-state index contributed by atoms with van der Waals surface area (Å²) in [4.78, 5) is 6.66. The van der Waals surface area contributed by atoms with E-state index < -0.39 is 0 Å². The molecule has 0 atom stereocenters. The number of hydrogen-bond donors (Lipinski definition) is 1. The Labute approximate surface area is 114 Å². The van der Waals surface area contributed by atoms with Crippen molar-refractivity contribution in [2.45, 2.75) is 20.3 Å². The maximum Gasteiger partial charge on any atom is 0.192 e. The van der Waals surface area contributed by atoms with Gasteiger partial charge in [-0.3, -0.25) is 0 Å². The number of nitrogens with zero attached hydrogens (tertiary/aromatic N) is 2. The van der Waals surface area contributed by atoms with E-state index in [1.807, 2.05) is 13.0 Å². The Kier molecular flexibility index (Phi) is 4.93. The largest absolute Gasteiger partial charge is 0.441 e. The van der Waals surface area contributed by atoms with Gasteiger partial charge < -0.3 is 14.6 Å². The van der Waals surface area contributed by atoms with Crippen molar-refractivity contribution in [3.8, 4) is 0 Å². The molecule has 0 fully saturated rings. The van der Waals surface area contributed by atoms with Crippen molar-refractivity contribution in [1.29, 1.82) is 0 Å². The summed E-state index contributed by atoms with van der Waals surface area (Å²) < 4.78 is 5.56. The second-order valence-corrected chi connectivity index (χ2v) is 4.94. The van der Waals surface area contributed by atoms with Crippen molar-refractivity contribution in [1.82, 2.24) is 15.2 Å². The van der Waals surface area contributed by atoms with Gasteiger partial charge in [0.05, 0.1) is 0 Å². The van der Waals surface area contributed by atoms with E-state index in [0.717, 1.165) is 49.6 Å². The third-order valence-corrected chi connectivity index (χ3v) is 3.26. The first-order valence-corrected chi connectivity index (χ1v) is 6.94. The zero-order valence-corrected chi connectivity index (χ0v) is 12.1. The Morgan fingerprint density at radius 1 is 1.32 bits per heavy atom. The van der Waals surface area contributed by atoms with Gasteiger partial charge in [0, 0.05) is 26.6 Å². The van der Waals surface area contributed by atoms with Crippen molar-refractivity contribution >= 4 is 11.1 Å². The van der Waals surface area contributed by atoms with Gasteiger partial charge in [0.25, 0.3) is 0 Å². The fourth-order valence-corrected chi connectivity index (χ4v) is 2.12. The fourth-order valence-electron chi connectivity index (χ4n) is 2.12. The van der Waals surface area contributed by atoms with Crippen molar-refractivity contribution in [3.63, 3.8) is 0 Å². The van der Waals surface area contributed by atoms with Gasteiger partial charge in [-0.05, 0) is 37.7 Å². The molecule has 104 valence electrons. The minimum absolute atomic E-state index is 0.731. The molecule has 0 spiro atoms. The van der Waals surface area contributed by atoms with Crippen LogP contribution in [0.1, 0.15) is 18.4 Å². The van der Waals surface area contributed by atoms with Gasteiger partial charge in [-0.25, -0.2) is 4.98 Å². The Hall–Kier alpha value is -1.39. The molecule has 0 amide bonds. The summed E-state index contributed by atoms with van der Waals surface area (Å²) in [5.74, 6) is 0.731. The van der Waals surface area contributed by atoms with Gasteiger partial charge in [0.2, 0.25) is 0 Å². The third kappa shape index (κ3) is 4.04. The van der Waals surface area contributed by atoms with Gasteiger partial charge in [-0.15, -0.1) is 0 Å². The van der Waals surface area contributed by atoms with Gasteiger partial charge in [-0.2, -0.15) is 0 Å². The average Bonchev–Trinajstić information content (AvgIpc) is 2.76. The molecule has 1 aromatic carbocycles. The van der Waals surface area contributed by atoms with E-state index in [1.54, 1.807) is 0 Å². The second-order valence-electron chi connectivity index (χ2n) is 4.94. The van der Waals surface area contributed by atoms with Crippen molar-refractivity contribution < 1.29 is 4.42 Å². The Morgan fingerprint density at radius 3 is 2.95 bits per heavy atom. The Morgan fingerprint density at radius 2 is 2.16 bits per heavy atom. The Balaban J connectivity index is 1.87. The van der Waals surface area contributed by atoms with Gasteiger partial charge in [0.1, 0.15) is 5.52 Å². The molecule has 4 nitrogen and oxygen atoms in total. The van der Waals surface area contributed by atoms with Crippen LogP contribution in [0.4, 0.5) is 0 Å². The topological polar surface area (TPSA) is 41.3 Å². The normalized spacial score (nSPS) is 11.6. The molecule has 0 radical (unpaired) electrons. The molecular formula is C15H23N3O. The van der Waals surface area contributed by atoms with Crippen LogP contribution in [0.15, 0.2) is 22.6 Å². The highest BCUT2D eigenvalue weighted by Gasteiger charge is 2.04. The summed E-state index contributed by atoms with van der Waals surface area (Å²) in [5, 5.41) is 3.34. The first-order valence-electron chi connectivity index (χ1n) is 6.94. The van der Waals surface area contributed by atoms with Gasteiger partial charge >= 0.3 is 0 Å². The lowest BCUT2D eigenvalue weighted by Crippen LogP contribution is -2.30. The highest BCUT2D eigenvalue weighted by atomic mass is 16.3. The number of benzene rings is 1. The van der Waals surface area contributed by atoms with Crippen LogP contribution >= 0.6 is 0 Å². The summed E-state index contributed by atoms with van der Waals surface area (Å²) in [6, 6.07) is 6.29. The zero-order chi connectivity index (χ0) is 13.7. The van der Waals surface area contributed by atoms with Crippen LogP contribution in [0.3, 0.4) is 0 Å². The molecular weight excluding hydrogens is 238 g/mol. The van der Waals surface area contributed by atoms with E-state index >= 15 is 0 Å². The molecule has 0 aliphatic heterocycles. The monoisotopic (exact) mass is 261 g/mol. The molecule has 2 rings (SSSR count). The highest BCUT2D eigenvalue weighted by molar-refractivity contribution is 5.73. The number of fused-ring (bicyclic) bond motifs is 1. The first kappa shape index (κ1) is 14.0. The number of oxazole rings is 1. The van der Waals surface area contributed by atoms with Gasteiger partial charge in [-0.1, -0.05) is 13.0 Å². The van der Waals surface area contributed by atoms with E-state index in [9.17, 15) is 0 Å². The molecule has 0 aliphatic carbocycles. The number of likely N-dealkylation sites (N-methyl/N-ethyl adjacent to an activating group) is 2. The second kappa shape index (κ2) is 6.68. The molecule has 0 saturated carbocycles. The van der Waals surface area contributed by atoms with Gasteiger partial charge in [0.15, 0.2) is 11.5 Å². The van der Waals surface area contributed by atoms with E-state index in [2.05, 4.69) is 41.3 Å². The van der Waals surface area contributed by atoms with Crippen molar-refractivity contribution in [3.05, 3.63) is 29.7 Å². The lowest BCUT2D eigenvalue weighted by Gasteiger charge is -2.16. The number of aryl methyl sites for hydroxylation is 1. The van der Waals surface area contributed by atoms with Crippen molar-refractivity contribution in [2.75, 3.05) is 33.2 Å². The molecule has 19 heavy (non-hydrogen) atoms. The smallest absolute Gasteiger partial charge is 0.192 e. The lowest BCUT2D eigenvalue weighted by molar-refractivity contribution is 0.337. The maximum absolute atomic E-state index is 5.56. The summed E-state index contributed by atoms with van der Waals surface area (Å²) in [6.07, 6.45) is 1.04. The molecule has 1 heterocycles. The van der Waals surface area contributed by atoms with Crippen LogP contribution in [0.25, 0.3) is 11.1 Å². The summed E-state index contributed by atoms with van der Waals surface area (Å²) in [7, 11) is 2.16. The molecule has 1 aromatic heterocycles. The summed E-state index contributed by atoms with van der Waals surface area (Å²) >= 11 is 0.